The first kappa shape index (κ1) is 19.6. The van der Waals surface area contributed by atoms with E-state index in [1.807, 2.05) is 0 Å². The molecule has 9 heteroatoms. The van der Waals surface area contributed by atoms with Crippen LogP contribution in [0.3, 0.4) is 0 Å². The van der Waals surface area contributed by atoms with Gasteiger partial charge in [0.05, 0.1) is 34.4 Å². The van der Waals surface area contributed by atoms with Gasteiger partial charge in [-0.25, -0.2) is 13.2 Å². The van der Waals surface area contributed by atoms with E-state index in [1.165, 1.54) is 34.6 Å². The van der Waals surface area contributed by atoms with Gasteiger partial charge in [-0.3, -0.25) is 0 Å². The number of nitrogens with two attached hydrogens (primary N) is 1. The van der Waals surface area contributed by atoms with Crippen molar-refractivity contribution in [1.29, 1.82) is 0 Å². The third kappa shape index (κ3) is 4.59. The van der Waals surface area contributed by atoms with Gasteiger partial charge in [0.25, 0.3) is 0 Å². The average molecular weight is 411 g/mol. The fourth-order valence-corrected chi connectivity index (χ4v) is 4.23. The van der Waals surface area contributed by atoms with Crippen molar-refractivity contribution in [2.75, 3.05) is 32.0 Å². The number of hydrogen-bond donors (Lipinski definition) is 1. The predicted molar refractivity (Wildman–Crippen MR) is 101 cm³/mol. The lowest BCUT2D eigenvalue weighted by Gasteiger charge is -2.26. The number of halogens is 1. The molecule has 1 aliphatic heterocycles. The summed E-state index contributed by atoms with van der Waals surface area (Å²) in [7, 11) is -3.60. The zero-order chi connectivity index (χ0) is 19.4. The van der Waals surface area contributed by atoms with E-state index in [0.29, 0.717) is 36.9 Å². The highest BCUT2D eigenvalue weighted by Crippen LogP contribution is 2.21. The second-order valence-electron chi connectivity index (χ2n) is 5.98. The third-order valence-corrected chi connectivity index (χ3v) is 6.35. The maximum Gasteiger partial charge on any atom is 0.338 e. The van der Waals surface area contributed by atoms with Gasteiger partial charge in [0.1, 0.15) is 6.61 Å². The molecule has 0 aliphatic carbocycles. The number of sulfonamides is 1. The largest absolute Gasteiger partial charge is 0.457 e. The van der Waals surface area contributed by atoms with Gasteiger partial charge in [0, 0.05) is 13.1 Å². The van der Waals surface area contributed by atoms with E-state index in [1.54, 1.807) is 12.1 Å². The number of morpholine rings is 1. The molecular formula is C18H19ClN2O5S. The van der Waals surface area contributed by atoms with Crippen LogP contribution in [0.25, 0.3) is 0 Å². The van der Waals surface area contributed by atoms with Gasteiger partial charge in [-0.15, -0.1) is 0 Å². The molecule has 144 valence electrons. The Labute approximate surface area is 162 Å². The van der Waals surface area contributed by atoms with E-state index in [-0.39, 0.29) is 22.8 Å². The number of hydrogen-bond acceptors (Lipinski definition) is 6. The Hall–Kier alpha value is -2.13. The number of carbonyl (C=O) groups is 1. The summed E-state index contributed by atoms with van der Waals surface area (Å²) in [6.45, 7) is 1.33. The summed E-state index contributed by atoms with van der Waals surface area (Å²) in [6, 6.07) is 10.8. The number of esters is 1. The smallest absolute Gasteiger partial charge is 0.338 e. The maximum absolute atomic E-state index is 12.7. The molecule has 3 rings (SSSR count). The Bertz CT molecular complexity index is 943. The van der Waals surface area contributed by atoms with Crippen LogP contribution in [0.1, 0.15) is 15.9 Å². The monoisotopic (exact) mass is 410 g/mol. The first-order chi connectivity index (χ1) is 12.9. The average Bonchev–Trinajstić information content (AvgIpc) is 2.69. The highest BCUT2D eigenvalue weighted by atomic mass is 35.5. The molecule has 0 aromatic heterocycles. The zero-order valence-corrected chi connectivity index (χ0v) is 16.0. The summed E-state index contributed by atoms with van der Waals surface area (Å²) >= 11 is 5.84. The second kappa shape index (κ2) is 8.26. The van der Waals surface area contributed by atoms with Crippen LogP contribution in [0, 0.1) is 0 Å². The quantitative estimate of drug-likeness (QED) is 0.599. The van der Waals surface area contributed by atoms with E-state index in [0.717, 1.165) is 0 Å². The normalized spacial score (nSPS) is 15.4. The van der Waals surface area contributed by atoms with Crippen LogP contribution in [0.15, 0.2) is 47.4 Å². The Morgan fingerprint density at radius 3 is 2.63 bits per heavy atom. The summed E-state index contributed by atoms with van der Waals surface area (Å²) in [5.41, 5.74) is 6.81. The molecule has 27 heavy (non-hydrogen) atoms. The van der Waals surface area contributed by atoms with Crippen LogP contribution in [-0.4, -0.2) is 45.0 Å². The molecule has 0 atom stereocenters. The van der Waals surface area contributed by atoms with Crippen LogP contribution in [0.2, 0.25) is 5.02 Å². The van der Waals surface area contributed by atoms with Gasteiger partial charge >= 0.3 is 5.97 Å². The number of nitrogen functional groups attached to an aromatic ring is 1. The summed E-state index contributed by atoms with van der Waals surface area (Å²) in [6.07, 6.45) is 0. The second-order valence-corrected chi connectivity index (χ2v) is 8.32. The molecule has 1 fully saturated rings. The van der Waals surface area contributed by atoms with Crippen molar-refractivity contribution in [1.82, 2.24) is 4.31 Å². The van der Waals surface area contributed by atoms with Crippen LogP contribution in [-0.2, 0) is 26.1 Å². The summed E-state index contributed by atoms with van der Waals surface area (Å²) in [5, 5.41) is 0.354. The van der Waals surface area contributed by atoms with Crippen molar-refractivity contribution in [3.8, 4) is 0 Å². The molecule has 2 aromatic rings. The van der Waals surface area contributed by atoms with Gasteiger partial charge in [-0.2, -0.15) is 4.31 Å². The lowest BCUT2D eigenvalue weighted by molar-refractivity contribution is 0.0472. The summed E-state index contributed by atoms with van der Waals surface area (Å²) < 4.78 is 37.2. The van der Waals surface area contributed by atoms with Crippen LogP contribution in [0.4, 0.5) is 5.69 Å². The number of anilines is 1. The van der Waals surface area contributed by atoms with Crippen molar-refractivity contribution in [3.63, 3.8) is 0 Å². The third-order valence-electron chi connectivity index (χ3n) is 4.11. The van der Waals surface area contributed by atoms with Crippen molar-refractivity contribution in [2.45, 2.75) is 11.5 Å². The fraction of sp³-hybridized carbons (Fsp3) is 0.278. The first-order valence-corrected chi connectivity index (χ1v) is 10.1. The number of ether oxygens (including phenoxy) is 2. The minimum Gasteiger partial charge on any atom is -0.457 e. The minimum absolute atomic E-state index is 0.0617. The zero-order valence-electron chi connectivity index (χ0n) is 14.4. The number of benzene rings is 2. The van der Waals surface area contributed by atoms with Crippen LogP contribution in [0.5, 0.6) is 0 Å². The predicted octanol–water partition coefficient (Wildman–Crippen LogP) is 2.30. The first-order valence-electron chi connectivity index (χ1n) is 8.27. The molecule has 1 heterocycles. The molecule has 0 amide bonds. The summed E-state index contributed by atoms with van der Waals surface area (Å²) in [4.78, 5) is 12.3. The van der Waals surface area contributed by atoms with Crippen LogP contribution >= 0.6 is 11.6 Å². The Balaban J connectivity index is 1.70. The van der Waals surface area contributed by atoms with Crippen molar-refractivity contribution < 1.29 is 22.7 Å². The highest BCUT2D eigenvalue weighted by molar-refractivity contribution is 7.89. The maximum atomic E-state index is 12.7. The standard InChI is InChI=1S/C18H19ClN2O5S/c19-16-5-4-14(11-17(16)20)18(22)26-12-13-2-1-3-15(10-13)27(23,24)21-6-8-25-9-7-21/h1-5,10-11H,6-9,12,20H2. The molecule has 0 unspecified atom stereocenters. The van der Waals surface area contributed by atoms with Gasteiger partial charge in [-0.1, -0.05) is 23.7 Å². The lowest BCUT2D eigenvalue weighted by atomic mass is 10.2. The van der Waals surface area contributed by atoms with E-state index < -0.39 is 16.0 Å². The Morgan fingerprint density at radius 1 is 1.19 bits per heavy atom. The molecule has 2 aromatic carbocycles. The van der Waals surface area contributed by atoms with Crippen molar-refractivity contribution >= 4 is 33.3 Å². The molecule has 0 spiro atoms. The van der Waals surface area contributed by atoms with Gasteiger partial charge < -0.3 is 15.2 Å². The Kier molecular flexibility index (Phi) is 6.01. The molecule has 0 saturated carbocycles. The lowest BCUT2D eigenvalue weighted by Crippen LogP contribution is -2.40. The molecule has 0 bridgehead atoms. The molecular weight excluding hydrogens is 392 g/mol. The summed E-state index contributed by atoms with van der Waals surface area (Å²) in [5.74, 6) is -0.570. The van der Waals surface area contributed by atoms with Gasteiger partial charge in [0.15, 0.2) is 0 Å². The molecule has 2 N–H and O–H groups in total. The number of rotatable bonds is 5. The van der Waals surface area contributed by atoms with Gasteiger partial charge in [-0.05, 0) is 35.9 Å². The molecule has 0 radical (unpaired) electrons. The van der Waals surface area contributed by atoms with E-state index in [9.17, 15) is 13.2 Å². The number of carbonyl (C=O) groups excluding carboxylic acids is 1. The molecule has 1 aliphatic rings. The Morgan fingerprint density at radius 2 is 1.93 bits per heavy atom. The van der Waals surface area contributed by atoms with Crippen LogP contribution < -0.4 is 5.73 Å². The molecule has 7 nitrogen and oxygen atoms in total. The van der Waals surface area contributed by atoms with E-state index in [2.05, 4.69) is 0 Å². The highest BCUT2D eigenvalue weighted by Gasteiger charge is 2.26. The van der Waals surface area contributed by atoms with Gasteiger partial charge in [0.2, 0.25) is 10.0 Å². The van der Waals surface area contributed by atoms with E-state index >= 15 is 0 Å². The van der Waals surface area contributed by atoms with E-state index in [4.69, 9.17) is 26.8 Å². The molecule has 1 saturated heterocycles. The van der Waals surface area contributed by atoms with Crippen molar-refractivity contribution in [3.05, 3.63) is 58.6 Å². The SMILES string of the molecule is Nc1cc(C(=O)OCc2cccc(S(=O)(=O)N3CCOCC3)c2)ccc1Cl. The van der Waals surface area contributed by atoms with Crippen molar-refractivity contribution in [2.24, 2.45) is 0 Å². The fourth-order valence-electron chi connectivity index (χ4n) is 2.63. The number of nitrogens with zero attached hydrogens (tertiary/aromatic N) is 1. The topological polar surface area (TPSA) is 98.9 Å². The minimum atomic E-state index is -3.60.